The molecule has 2 unspecified atom stereocenters. The first-order valence-corrected chi connectivity index (χ1v) is 8.06. The maximum atomic E-state index is 5.97. The van der Waals surface area contributed by atoms with Gasteiger partial charge in [-0.1, -0.05) is 18.0 Å². The van der Waals surface area contributed by atoms with Crippen molar-refractivity contribution in [2.24, 2.45) is 0 Å². The third-order valence-corrected chi connectivity index (χ3v) is 4.51. The Bertz CT molecular complexity index is 391. The van der Waals surface area contributed by atoms with Gasteiger partial charge in [-0.2, -0.15) is 0 Å². The number of piperidine rings is 1. The van der Waals surface area contributed by atoms with Crippen molar-refractivity contribution in [2.75, 3.05) is 11.9 Å². The second-order valence-electron chi connectivity index (χ2n) is 5.05. The minimum atomic E-state index is 0.482. The van der Waals surface area contributed by atoms with Crippen LogP contribution in [0.3, 0.4) is 0 Å². The maximum absolute atomic E-state index is 5.97. The molecule has 1 saturated heterocycles. The Hall–Kier alpha value is -0.000000000000000111. The van der Waals surface area contributed by atoms with E-state index in [1.54, 1.807) is 0 Å². The van der Waals surface area contributed by atoms with Crippen molar-refractivity contribution in [1.82, 2.24) is 5.32 Å². The summed E-state index contributed by atoms with van der Waals surface area (Å²) >= 11 is 8.29. The van der Waals surface area contributed by atoms with Gasteiger partial charge < -0.3 is 10.6 Å². The minimum absolute atomic E-state index is 0.482. The molecule has 1 aromatic carbocycles. The molecule has 1 fully saturated rings. The number of nitrogens with one attached hydrogen (secondary N) is 2. The highest BCUT2D eigenvalue weighted by molar-refractivity contribution is 14.1. The molecule has 2 nitrogen and oxygen atoms in total. The van der Waals surface area contributed by atoms with Crippen molar-refractivity contribution < 1.29 is 0 Å². The van der Waals surface area contributed by atoms with Gasteiger partial charge in [0.15, 0.2) is 0 Å². The van der Waals surface area contributed by atoms with Crippen LogP contribution in [0.15, 0.2) is 18.2 Å². The second-order valence-corrected chi connectivity index (χ2v) is 6.65. The molecule has 18 heavy (non-hydrogen) atoms. The fourth-order valence-corrected chi connectivity index (χ4v) is 3.51. The van der Waals surface area contributed by atoms with Gasteiger partial charge in [-0.05, 0) is 73.5 Å². The molecule has 0 radical (unpaired) electrons. The molecule has 100 valence electrons. The summed E-state index contributed by atoms with van der Waals surface area (Å²) in [4.78, 5) is 0. The van der Waals surface area contributed by atoms with Gasteiger partial charge in [0.1, 0.15) is 0 Å². The standard InChI is InChI=1S/C14H20ClIN2/c1-10(8-12-4-2-3-7-17-12)18-14-6-5-11(15)9-13(14)16/h5-6,9-10,12,17-18H,2-4,7-8H2,1H3. The van der Waals surface area contributed by atoms with Crippen LogP contribution >= 0.6 is 34.2 Å². The quantitative estimate of drug-likeness (QED) is 0.764. The molecular formula is C14H20ClIN2. The summed E-state index contributed by atoms with van der Waals surface area (Å²) in [6.07, 6.45) is 5.18. The van der Waals surface area contributed by atoms with Gasteiger partial charge in [0, 0.05) is 26.4 Å². The predicted octanol–water partition coefficient (Wildman–Crippen LogP) is 4.28. The molecular weight excluding hydrogens is 359 g/mol. The Balaban J connectivity index is 1.87. The largest absolute Gasteiger partial charge is 0.382 e. The first kappa shape index (κ1) is 14.4. The molecule has 4 heteroatoms. The second kappa shape index (κ2) is 6.96. The van der Waals surface area contributed by atoms with E-state index in [-0.39, 0.29) is 0 Å². The molecule has 2 N–H and O–H groups in total. The molecule has 0 aromatic heterocycles. The fourth-order valence-electron chi connectivity index (χ4n) is 2.48. The summed E-state index contributed by atoms with van der Waals surface area (Å²) in [5, 5.41) is 7.97. The molecule has 1 heterocycles. The van der Waals surface area contributed by atoms with Gasteiger partial charge in [-0.3, -0.25) is 0 Å². The van der Waals surface area contributed by atoms with E-state index in [2.05, 4.69) is 46.2 Å². The zero-order chi connectivity index (χ0) is 13.0. The Labute approximate surface area is 128 Å². The fraction of sp³-hybridized carbons (Fsp3) is 0.571. The highest BCUT2D eigenvalue weighted by Gasteiger charge is 2.16. The molecule has 2 rings (SSSR count). The number of hydrogen-bond acceptors (Lipinski definition) is 2. The molecule has 2 atom stereocenters. The minimum Gasteiger partial charge on any atom is -0.382 e. The van der Waals surface area contributed by atoms with Crippen molar-refractivity contribution in [3.8, 4) is 0 Å². The first-order valence-electron chi connectivity index (χ1n) is 6.60. The lowest BCUT2D eigenvalue weighted by Crippen LogP contribution is -2.37. The maximum Gasteiger partial charge on any atom is 0.0478 e. The van der Waals surface area contributed by atoms with E-state index in [0.717, 1.165) is 5.02 Å². The summed E-state index contributed by atoms with van der Waals surface area (Å²) in [5.74, 6) is 0. The van der Waals surface area contributed by atoms with E-state index in [1.807, 2.05) is 12.1 Å². The Morgan fingerprint density at radius 1 is 1.50 bits per heavy atom. The summed E-state index contributed by atoms with van der Waals surface area (Å²) in [6.45, 7) is 3.43. The lowest BCUT2D eigenvalue weighted by atomic mass is 9.99. The van der Waals surface area contributed by atoms with Crippen LogP contribution in [0.1, 0.15) is 32.6 Å². The molecule has 0 aliphatic carbocycles. The summed E-state index contributed by atoms with van der Waals surface area (Å²) in [5.41, 5.74) is 1.18. The lowest BCUT2D eigenvalue weighted by Gasteiger charge is -2.27. The predicted molar refractivity (Wildman–Crippen MR) is 87.5 cm³/mol. The first-order chi connectivity index (χ1) is 8.65. The topological polar surface area (TPSA) is 24.1 Å². The Morgan fingerprint density at radius 3 is 3.00 bits per heavy atom. The molecule has 1 aliphatic rings. The summed E-state index contributed by atoms with van der Waals surface area (Å²) < 4.78 is 1.18. The van der Waals surface area contributed by atoms with Gasteiger partial charge >= 0.3 is 0 Å². The van der Waals surface area contributed by atoms with E-state index in [1.165, 1.54) is 41.5 Å². The average molecular weight is 379 g/mol. The number of halogens is 2. The number of anilines is 1. The van der Waals surface area contributed by atoms with Gasteiger partial charge in [0.25, 0.3) is 0 Å². The van der Waals surface area contributed by atoms with Crippen molar-refractivity contribution >= 4 is 39.9 Å². The van der Waals surface area contributed by atoms with Crippen molar-refractivity contribution in [3.63, 3.8) is 0 Å². The SMILES string of the molecule is CC(CC1CCCCN1)Nc1ccc(Cl)cc1I. The van der Waals surface area contributed by atoms with Crippen LogP contribution in [-0.2, 0) is 0 Å². The number of hydrogen-bond donors (Lipinski definition) is 2. The van der Waals surface area contributed by atoms with E-state index in [4.69, 9.17) is 11.6 Å². The van der Waals surface area contributed by atoms with Crippen LogP contribution in [0.2, 0.25) is 5.02 Å². The van der Waals surface area contributed by atoms with Crippen LogP contribution in [0, 0.1) is 3.57 Å². The molecule has 1 aliphatic heterocycles. The van der Waals surface area contributed by atoms with Crippen molar-refractivity contribution in [3.05, 3.63) is 26.8 Å². The van der Waals surface area contributed by atoms with E-state index in [0.29, 0.717) is 12.1 Å². The third-order valence-electron chi connectivity index (χ3n) is 3.38. The summed E-state index contributed by atoms with van der Waals surface area (Å²) in [7, 11) is 0. The average Bonchev–Trinajstić information content (AvgIpc) is 2.34. The van der Waals surface area contributed by atoms with Crippen LogP contribution in [-0.4, -0.2) is 18.6 Å². The normalized spacial score (nSPS) is 21.6. The van der Waals surface area contributed by atoms with Crippen molar-refractivity contribution in [1.29, 1.82) is 0 Å². The van der Waals surface area contributed by atoms with Crippen LogP contribution in [0.25, 0.3) is 0 Å². The van der Waals surface area contributed by atoms with Crippen LogP contribution in [0.5, 0.6) is 0 Å². The summed E-state index contributed by atoms with van der Waals surface area (Å²) in [6, 6.07) is 7.16. The monoisotopic (exact) mass is 378 g/mol. The zero-order valence-corrected chi connectivity index (χ0v) is 13.6. The van der Waals surface area contributed by atoms with E-state index < -0.39 is 0 Å². The molecule has 1 aromatic rings. The van der Waals surface area contributed by atoms with Crippen LogP contribution < -0.4 is 10.6 Å². The molecule has 0 bridgehead atoms. The highest BCUT2D eigenvalue weighted by atomic mass is 127. The lowest BCUT2D eigenvalue weighted by molar-refractivity contribution is 0.371. The number of rotatable bonds is 4. The smallest absolute Gasteiger partial charge is 0.0478 e. The van der Waals surface area contributed by atoms with Crippen LogP contribution in [0.4, 0.5) is 5.69 Å². The number of benzene rings is 1. The van der Waals surface area contributed by atoms with Gasteiger partial charge in [-0.25, -0.2) is 0 Å². The molecule has 0 spiro atoms. The van der Waals surface area contributed by atoms with Crippen molar-refractivity contribution in [2.45, 2.75) is 44.7 Å². The zero-order valence-electron chi connectivity index (χ0n) is 10.7. The van der Waals surface area contributed by atoms with E-state index in [9.17, 15) is 0 Å². The molecule has 0 amide bonds. The van der Waals surface area contributed by atoms with Gasteiger partial charge in [0.05, 0.1) is 0 Å². The third kappa shape index (κ3) is 4.28. The van der Waals surface area contributed by atoms with E-state index >= 15 is 0 Å². The highest BCUT2D eigenvalue weighted by Crippen LogP contribution is 2.24. The Morgan fingerprint density at radius 2 is 2.33 bits per heavy atom. The van der Waals surface area contributed by atoms with Gasteiger partial charge in [-0.15, -0.1) is 0 Å². The molecule has 0 saturated carbocycles. The Kier molecular flexibility index (Phi) is 5.57. The van der Waals surface area contributed by atoms with Gasteiger partial charge in [0.2, 0.25) is 0 Å².